The van der Waals surface area contributed by atoms with Crippen LogP contribution in [-0.4, -0.2) is 48.2 Å². The molecule has 0 radical (unpaired) electrons. The Bertz CT molecular complexity index is 613. The molecule has 1 fully saturated rings. The summed E-state index contributed by atoms with van der Waals surface area (Å²) in [6.45, 7) is 6.54. The third-order valence-corrected chi connectivity index (χ3v) is 4.29. The number of likely N-dealkylation sites (tertiary alicyclic amines) is 1. The van der Waals surface area contributed by atoms with Gasteiger partial charge in [-0.25, -0.2) is 0 Å². The summed E-state index contributed by atoms with van der Waals surface area (Å²) in [6, 6.07) is 5.14. The van der Waals surface area contributed by atoms with Gasteiger partial charge in [-0.3, -0.25) is 9.59 Å². The van der Waals surface area contributed by atoms with Crippen molar-refractivity contribution in [2.45, 2.75) is 33.3 Å². The van der Waals surface area contributed by atoms with E-state index in [0.717, 1.165) is 0 Å². The van der Waals surface area contributed by atoms with Gasteiger partial charge in [0, 0.05) is 19.2 Å². The molecule has 1 aromatic carbocycles. The highest BCUT2D eigenvalue weighted by molar-refractivity contribution is 5.97. The average Bonchev–Trinajstić information content (AvgIpc) is 2.53. The first-order valence-corrected chi connectivity index (χ1v) is 8.20. The SMILES string of the molecule is COc1ccc(C(=O)N2CCC(C(=O)O)C(C)C2)c(OC(C)C)c1. The molecule has 2 unspecified atom stereocenters. The molecule has 2 rings (SSSR count). The number of carbonyl (C=O) groups is 2. The third-order valence-electron chi connectivity index (χ3n) is 4.29. The molecule has 1 aliphatic heterocycles. The van der Waals surface area contributed by atoms with Crippen LogP contribution in [0.2, 0.25) is 0 Å². The van der Waals surface area contributed by atoms with Crippen LogP contribution in [0.15, 0.2) is 18.2 Å². The van der Waals surface area contributed by atoms with E-state index in [0.29, 0.717) is 36.6 Å². The van der Waals surface area contributed by atoms with Gasteiger partial charge in [0.15, 0.2) is 0 Å². The molecule has 24 heavy (non-hydrogen) atoms. The van der Waals surface area contributed by atoms with Crippen LogP contribution in [0.1, 0.15) is 37.6 Å². The van der Waals surface area contributed by atoms with Crippen molar-refractivity contribution in [1.82, 2.24) is 4.90 Å². The Morgan fingerprint density at radius 3 is 2.58 bits per heavy atom. The maximum atomic E-state index is 12.9. The number of hydrogen-bond donors (Lipinski definition) is 1. The number of carboxylic acid groups (broad SMARTS) is 1. The van der Waals surface area contributed by atoms with Gasteiger partial charge in [-0.15, -0.1) is 0 Å². The molecule has 0 bridgehead atoms. The van der Waals surface area contributed by atoms with Crippen molar-refractivity contribution in [3.05, 3.63) is 23.8 Å². The lowest BCUT2D eigenvalue weighted by Gasteiger charge is -2.35. The molecule has 1 aliphatic rings. The van der Waals surface area contributed by atoms with Gasteiger partial charge in [0.25, 0.3) is 5.91 Å². The summed E-state index contributed by atoms with van der Waals surface area (Å²) in [4.78, 5) is 25.8. The quantitative estimate of drug-likeness (QED) is 0.895. The zero-order valence-electron chi connectivity index (χ0n) is 14.6. The first kappa shape index (κ1) is 18.1. The molecule has 1 amide bonds. The maximum Gasteiger partial charge on any atom is 0.306 e. The summed E-state index contributed by atoms with van der Waals surface area (Å²) < 4.78 is 11.0. The predicted molar refractivity (Wildman–Crippen MR) is 89.6 cm³/mol. The summed E-state index contributed by atoms with van der Waals surface area (Å²) in [5.41, 5.74) is 0.477. The number of rotatable bonds is 5. The highest BCUT2D eigenvalue weighted by atomic mass is 16.5. The molecule has 132 valence electrons. The molecule has 2 atom stereocenters. The van der Waals surface area contributed by atoms with Crippen LogP contribution in [0.4, 0.5) is 0 Å². The number of piperidine rings is 1. The Morgan fingerprint density at radius 2 is 2.04 bits per heavy atom. The highest BCUT2D eigenvalue weighted by Crippen LogP contribution is 2.30. The predicted octanol–water partition coefficient (Wildman–Crippen LogP) is 2.67. The standard InChI is InChI=1S/C18H25NO5/c1-11(2)24-16-9-13(23-4)5-6-15(16)17(20)19-8-7-14(18(21)22)12(3)10-19/h5-6,9,11-12,14H,7-8,10H2,1-4H3,(H,21,22). The lowest BCUT2D eigenvalue weighted by molar-refractivity contribution is -0.145. The van der Waals surface area contributed by atoms with E-state index in [-0.39, 0.29) is 17.9 Å². The van der Waals surface area contributed by atoms with Crippen LogP contribution >= 0.6 is 0 Å². The fourth-order valence-corrected chi connectivity index (χ4v) is 3.03. The number of carboxylic acids is 1. The monoisotopic (exact) mass is 335 g/mol. The van der Waals surface area contributed by atoms with E-state index in [4.69, 9.17) is 9.47 Å². The zero-order valence-corrected chi connectivity index (χ0v) is 14.6. The van der Waals surface area contributed by atoms with Crippen molar-refractivity contribution >= 4 is 11.9 Å². The summed E-state index contributed by atoms with van der Waals surface area (Å²) >= 11 is 0. The Balaban J connectivity index is 2.22. The molecular weight excluding hydrogens is 310 g/mol. The molecule has 0 saturated carbocycles. The van der Waals surface area contributed by atoms with Gasteiger partial charge in [-0.05, 0) is 38.3 Å². The number of aliphatic carboxylic acids is 1. The fourth-order valence-electron chi connectivity index (χ4n) is 3.03. The van der Waals surface area contributed by atoms with Gasteiger partial charge >= 0.3 is 5.97 Å². The first-order chi connectivity index (χ1) is 11.3. The Morgan fingerprint density at radius 1 is 1.33 bits per heavy atom. The van der Waals surface area contributed by atoms with Crippen LogP contribution in [0.25, 0.3) is 0 Å². The fraction of sp³-hybridized carbons (Fsp3) is 0.556. The van der Waals surface area contributed by atoms with Crippen molar-refractivity contribution < 1.29 is 24.2 Å². The average molecular weight is 335 g/mol. The van der Waals surface area contributed by atoms with E-state index in [1.54, 1.807) is 30.2 Å². The van der Waals surface area contributed by atoms with Gasteiger partial charge in [-0.1, -0.05) is 6.92 Å². The Labute approximate surface area is 142 Å². The van der Waals surface area contributed by atoms with E-state index in [2.05, 4.69) is 0 Å². The molecule has 0 aliphatic carbocycles. The lowest BCUT2D eigenvalue weighted by Crippen LogP contribution is -2.45. The number of hydrogen-bond acceptors (Lipinski definition) is 4. The van der Waals surface area contributed by atoms with Gasteiger partial charge in [0.2, 0.25) is 0 Å². The molecule has 1 heterocycles. The molecule has 1 saturated heterocycles. The Kier molecular flexibility index (Phi) is 5.70. The zero-order chi connectivity index (χ0) is 17.9. The van der Waals surface area contributed by atoms with Crippen molar-refractivity contribution in [3.8, 4) is 11.5 Å². The van der Waals surface area contributed by atoms with E-state index in [9.17, 15) is 14.7 Å². The molecule has 0 spiro atoms. The smallest absolute Gasteiger partial charge is 0.306 e. The molecule has 1 aromatic rings. The second-order valence-electron chi connectivity index (χ2n) is 6.49. The number of carbonyl (C=O) groups excluding carboxylic acids is 1. The van der Waals surface area contributed by atoms with Crippen LogP contribution in [0.5, 0.6) is 11.5 Å². The van der Waals surface area contributed by atoms with Crippen molar-refractivity contribution in [2.75, 3.05) is 20.2 Å². The second kappa shape index (κ2) is 7.55. The van der Waals surface area contributed by atoms with E-state index < -0.39 is 11.9 Å². The van der Waals surface area contributed by atoms with E-state index in [1.165, 1.54) is 0 Å². The van der Waals surface area contributed by atoms with Gasteiger partial charge < -0.3 is 19.5 Å². The number of benzene rings is 1. The number of nitrogens with zero attached hydrogens (tertiary/aromatic N) is 1. The van der Waals surface area contributed by atoms with E-state index in [1.807, 2.05) is 20.8 Å². The summed E-state index contributed by atoms with van der Waals surface area (Å²) in [6.07, 6.45) is 0.402. The molecule has 1 N–H and O–H groups in total. The topological polar surface area (TPSA) is 76.1 Å². The molecule has 0 aromatic heterocycles. The minimum Gasteiger partial charge on any atom is -0.497 e. The van der Waals surface area contributed by atoms with Crippen LogP contribution in [0.3, 0.4) is 0 Å². The normalized spacial score (nSPS) is 20.8. The molecule has 6 heteroatoms. The Hall–Kier alpha value is -2.24. The number of methoxy groups -OCH3 is 1. The van der Waals surface area contributed by atoms with Gasteiger partial charge in [0.05, 0.1) is 24.7 Å². The van der Waals surface area contributed by atoms with Crippen LogP contribution in [0, 0.1) is 11.8 Å². The van der Waals surface area contributed by atoms with Gasteiger partial charge in [-0.2, -0.15) is 0 Å². The van der Waals surface area contributed by atoms with Crippen molar-refractivity contribution in [1.29, 1.82) is 0 Å². The third kappa shape index (κ3) is 3.99. The highest BCUT2D eigenvalue weighted by Gasteiger charge is 2.34. The van der Waals surface area contributed by atoms with Crippen molar-refractivity contribution in [2.24, 2.45) is 11.8 Å². The van der Waals surface area contributed by atoms with Crippen molar-refractivity contribution in [3.63, 3.8) is 0 Å². The largest absolute Gasteiger partial charge is 0.497 e. The number of ether oxygens (including phenoxy) is 2. The summed E-state index contributed by atoms with van der Waals surface area (Å²) in [5.74, 6) is -0.279. The first-order valence-electron chi connectivity index (χ1n) is 8.20. The van der Waals surface area contributed by atoms with E-state index >= 15 is 0 Å². The van der Waals surface area contributed by atoms with Crippen LogP contribution in [-0.2, 0) is 4.79 Å². The minimum atomic E-state index is -0.789. The van der Waals surface area contributed by atoms with Crippen LogP contribution < -0.4 is 9.47 Å². The number of amides is 1. The summed E-state index contributed by atoms with van der Waals surface area (Å²) in [7, 11) is 1.56. The van der Waals surface area contributed by atoms with Gasteiger partial charge in [0.1, 0.15) is 11.5 Å². The summed E-state index contributed by atoms with van der Waals surface area (Å²) in [5, 5.41) is 9.21. The molecule has 6 nitrogen and oxygen atoms in total. The lowest BCUT2D eigenvalue weighted by atomic mass is 9.87. The molecular formula is C18H25NO5. The second-order valence-corrected chi connectivity index (χ2v) is 6.49. The minimum absolute atomic E-state index is 0.0691. The maximum absolute atomic E-state index is 12.9.